The summed E-state index contributed by atoms with van der Waals surface area (Å²) in [6, 6.07) is 8.56. The number of aryl methyl sites for hydroxylation is 1. The molecule has 3 heterocycles. The first-order valence-electron chi connectivity index (χ1n) is 11.9. The molecule has 1 aromatic heterocycles. The van der Waals surface area contributed by atoms with Crippen LogP contribution in [0.25, 0.3) is 10.9 Å². The average molecular weight is 440 g/mol. The van der Waals surface area contributed by atoms with E-state index in [9.17, 15) is 0 Å². The van der Waals surface area contributed by atoms with Gasteiger partial charge in [-0.15, -0.1) is 0 Å². The van der Waals surface area contributed by atoms with Gasteiger partial charge in [-0.1, -0.05) is 13.8 Å². The van der Waals surface area contributed by atoms with E-state index in [0.717, 1.165) is 61.5 Å². The van der Waals surface area contributed by atoms with Gasteiger partial charge in [0.05, 0.1) is 5.52 Å². The van der Waals surface area contributed by atoms with Crippen LogP contribution in [0.5, 0.6) is 0 Å². The Hall–Kier alpha value is -1.92. The van der Waals surface area contributed by atoms with Crippen molar-refractivity contribution in [2.24, 2.45) is 11.8 Å². The molecule has 2 aliphatic rings. The molecule has 168 valence electrons. The Labute approximate surface area is 192 Å². The SMILES string of the molecule is Cc1cc(N2CCCC2)nc2ccc(NC(=S)NCCCN3CC(C)CC(C)C3)cc12. The summed E-state index contributed by atoms with van der Waals surface area (Å²) in [7, 11) is 0. The third-order valence-electron chi connectivity index (χ3n) is 6.57. The number of nitrogens with one attached hydrogen (secondary N) is 2. The molecule has 6 heteroatoms. The lowest BCUT2D eigenvalue weighted by Gasteiger charge is -2.35. The highest BCUT2D eigenvalue weighted by Gasteiger charge is 2.21. The summed E-state index contributed by atoms with van der Waals surface area (Å²) in [4.78, 5) is 9.89. The fourth-order valence-corrected chi connectivity index (χ4v) is 5.44. The standard InChI is InChI=1S/C25H37N5S/c1-18-13-19(2)17-29(16-18)10-6-9-26-25(31)27-21-7-8-23-22(15-21)20(3)14-24(28-23)30-11-4-5-12-30/h7-8,14-15,18-19H,4-6,9-13,16-17H2,1-3H3,(H2,26,27,31). The Kier molecular flexibility index (Phi) is 7.28. The molecule has 2 N–H and O–H groups in total. The number of aromatic nitrogens is 1. The molecule has 0 saturated carbocycles. The number of fused-ring (bicyclic) bond motifs is 1. The third-order valence-corrected chi connectivity index (χ3v) is 6.82. The fourth-order valence-electron chi connectivity index (χ4n) is 5.22. The van der Waals surface area contributed by atoms with Crippen LogP contribution in [-0.4, -0.2) is 54.3 Å². The number of thiocarbonyl (C=S) groups is 1. The van der Waals surface area contributed by atoms with E-state index in [1.807, 2.05) is 0 Å². The summed E-state index contributed by atoms with van der Waals surface area (Å²) in [5.74, 6) is 2.74. The van der Waals surface area contributed by atoms with E-state index in [1.165, 1.54) is 43.3 Å². The Balaban J connectivity index is 1.28. The van der Waals surface area contributed by atoms with E-state index in [0.29, 0.717) is 5.11 Å². The zero-order valence-corrected chi connectivity index (χ0v) is 20.1. The third kappa shape index (κ3) is 5.86. The molecule has 0 bridgehead atoms. The molecule has 31 heavy (non-hydrogen) atoms. The number of anilines is 2. The van der Waals surface area contributed by atoms with Crippen molar-refractivity contribution in [1.29, 1.82) is 0 Å². The molecule has 5 nitrogen and oxygen atoms in total. The van der Waals surface area contributed by atoms with Gasteiger partial charge in [0.1, 0.15) is 5.82 Å². The fraction of sp³-hybridized carbons (Fsp3) is 0.600. The predicted molar refractivity (Wildman–Crippen MR) is 136 cm³/mol. The lowest BCUT2D eigenvalue weighted by Crippen LogP contribution is -2.40. The number of nitrogens with zero attached hydrogens (tertiary/aromatic N) is 3. The van der Waals surface area contributed by atoms with Crippen molar-refractivity contribution in [2.45, 2.75) is 46.5 Å². The first kappa shape index (κ1) is 22.3. The zero-order valence-electron chi connectivity index (χ0n) is 19.3. The lowest BCUT2D eigenvalue weighted by atomic mass is 9.92. The molecule has 0 radical (unpaired) electrons. The van der Waals surface area contributed by atoms with Crippen LogP contribution < -0.4 is 15.5 Å². The van der Waals surface area contributed by atoms with E-state index in [2.05, 4.69) is 65.5 Å². The summed E-state index contributed by atoms with van der Waals surface area (Å²) in [5, 5.41) is 8.60. The van der Waals surface area contributed by atoms with E-state index < -0.39 is 0 Å². The van der Waals surface area contributed by atoms with E-state index in [-0.39, 0.29) is 0 Å². The molecule has 0 aliphatic carbocycles. The molecule has 2 unspecified atom stereocenters. The Morgan fingerprint density at radius 1 is 1.13 bits per heavy atom. The van der Waals surface area contributed by atoms with Crippen LogP contribution in [0.4, 0.5) is 11.5 Å². The van der Waals surface area contributed by atoms with Gasteiger partial charge in [-0.3, -0.25) is 0 Å². The van der Waals surface area contributed by atoms with Crippen LogP contribution in [0.1, 0.15) is 45.1 Å². The number of benzene rings is 1. The van der Waals surface area contributed by atoms with Gasteiger partial charge in [0.15, 0.2) is 5.11 Å². The summed E-state index contributed by atoms with van der Waals surface area (Å²) in [5.41, 5.74) is 3.33. The average Bonchev–Trinajstić information content (AvgIpc) is 3.26. The minimum absolute atomic E-state index is 0.694. The van der Waals surface area contributed by atoms with Crippen molar-refractivity contribution in [3.63, 3.8) is 0 Å². The van der Waals surface area contributed by atoms with Crippen LogP contribution in [0.2, 0.25) is 0 Å². The van der Waals surface area contributed by atoms with E-state index in [4.69, 9.17) is 17.2 Å². The number of likely N-dealkylation sites (tertiary alicyclic amines) is 1. The van der Waals surface area contributed by atoms with Gasteiger partial charge in [-0.05, 0) is 93.0 Å². The molecular formula is C25H37N5S. The largest absolute Gasteiger partial charge is 0.362 e. The molecule has 1 aromatic carbocycles. The molecule has 2 aliphatic heterocycles. The maximum absolute atomic E-state index is 5.53. The van der Waals surface area contributed by atoms with Crippen LogP contribution in [0.15, 0.2) is 24.3 Å². The smallest absolute Gasteiger partial charge is 0.170 e. The van der Waals surface area contributed by atoms with Gasteiger partial charge in [-0.25, -0.2) is 4.98 Å². The number of rotatable bonds is 6. The molecule has 2 fully saturated rings. The van der Waals surface area contributed by atoms with Crippen molar-refractivity contribution in [3.05, 3.63) is 29.8 Å². The van der Waals surface area contributed by atoms with Gasteiger partial charge in [0, 0.05) is 43.8 Å². The van der Waals surface area contributed by atoms with Gasteiger partial charge < -0.3 is 20.4 Å². The monoisotopic (exact) mass is 439 g/mol. The van der Waals surface area contributed by atoms with Crippen molar-refractivity contribution in [1.82, 2.24) is 15.2 Å². The highest BCUT2D eigenvalue weighted by molar-refractivity contribution is 7.80. The van der Waals surface area contributed by atoms with E-state index >= 15 is 0 Å². The topological polar surface area (TPSA) is 43.4 Å². The minimum Gasteiger partial charge on any atom is -0.362 e. The molecule has 2 saturated heterocycles. The van der Waals surface area contributed by atoms with Crippen molar-refractivity contribution >= 4 is 39.7 Å². The Morgan fingerprint density at radius 2 is 1.87 bits per heavy atom. The molecule has 0 spiro atoms. The maximum Gasteiger partial charge on any atom is 0.170 e. The summed E-state index contributed by atoms with van der Waals surface area (Å²) in [6.45, 7) is 13.7. The van der Waals surface area contributed by atoms with Gasteiger partial charge >= 0.3 is 0 Å². The predicted octanol–water partition coefficient (Wildman–Crippen LogP) is 4.80. The van der Waals surface area contributed by atoms with Gasteiger partial charge in [0.2, 0.25) is 0 Å². The quantitative estimate of drug-likeness (QED) is 0.498. The second kappa shape index (κ2) is 10.1. The first-order chi connectivity index (χ1) is 15.0. The molecular weight excluding hydrogens is 402 g/mol. The maximum atomic E-state index is 5.53. The first-order valence-corrected chi connectivity index (χ1v) is 12.3. The number of piperidine rings is 1. The Bertz CT molecular complexity index is 898. The zero-order chi connectivity index (χ0) is 21.8. The van der Waals surface area contributed by atoms with Crippen LogP contribution in [0, 0.1) is 18.8 Å². The van der Waals surface area contributed by atoms with Crippen LogP contribution in [-0.2, 0) is 0 Å². The van der Waals surface area contributed by atoms with Crippen molar-refractivity contribution < 1.29 is 0 Å². The molecule has 2 aromatic rings. The summed E-state index contributed by atoms with van der Waals surface area (Å²) >= 11 is 5.53. The van der Waals surface area contributed by atoms with E-state index in [1.54, 1.807) is 0 Å². The van der Waals surface area contributed by atoms with Crippen LogP contribution >= 0.6 is 12.2 Å². The van der Waals surface area contributed by atoms with Crippen molar-refractivity contribution in [3.8, 4) is 0 Å². The Morgan fingerprint density at radius 3 is 2.61 bits per heavy atom. The molecule has 0 amide bonds. The summed E-state index contributed by atoms with van der Waals surface area (Å²) in [6.07, 6.45) is 5.01. The molecule has 2 atom stereocenters. The number of hydrogen-bond acceptors (Lipinski definition) is 4. The van der Waals surface area contributed by atoms with Crippen molar-refractivity contribution in [2.75, 3.05) is 49.5 Å². The summed E-state index contributed by atoms with van der Waals surface area (Å²) < 4.78 is 0. The number of hydrogen-bond donors (Lipinski definition) is 2. The number of pyridine rings is 1. The second-order valence-corrected chi connectivity index (χ2v) is 10.1. The highest BCUT2D eigenvalue weighted by Crippen LogP contribution is 2.27. The normalized spacial score (nSPS) is 22.1. The van der Waals surface area contributed by atoms with Gasteiger partial charge in [-0.2, -0.15) is 0 Å². The van der Waals surface area contributed by atoms with Gasteiger partial charge in [0.25, 0.3) is 0 Å². The minimum atomic E-state index is 0.694. The molecule has 4 rings (SSSR count). The van der Waals surface area contributed by atoms with Crippen LogP contribution in [0.3, 0.4) is 0 Å². The highest BCUT2D eigenvalue weighted by atomic mass is 32.1. The second-order valence-electron chi connectivity index (χ2n) is 9.66. The lowest BCUT2D eigenvalue weighted by molar-refractivity contribution is 0.140.